The van der Waals surface area contributed by atoms with Gasteiger partial charge in [-0.25, -0.2) is 0 Å². The summed E-state index contributed by atoms with van der Waals surface area (Å²) in [6.45, 7) is 9.50. The van der Waals surface area contributed by atoms with Gasteiger partial charge in [0, 0.05) is 0 Å². The summed E-state index contributed by atoms with van der Waals surface area (Å²) < 4.78 is 0. The van der Waals surface area contributed by atoms with Crippen molar-refractivity contribution in [3.8, 4) is 0 Å². The molecule has 0 spiro atoms. The van der Waals surface area contributed by atoms with E-state index in [-0.39, 0.29) is 6.10 Å². The second kappa shape index (κ2) is 3.25. The Morgan fingerprint density at radius 2 is 1.94 bits per heavy atom. The summed E-state index contributed by atoms with van der Waals surface area (Å²) in [7, 11) is 0. The summed E-state index contributed by atoms with van der Waals surface area (Å²) in [6, 6.07) is 0. The van der Waals surface area contributed by atoms with Gasteiger partial charge in [0.15, 0.2) is 0 Å². The Labute approximate surface area is 99.6 Å². The van der Waals surface area contributed by atoms with E-state index in [1.165, 1.54) is 12.8 Å². The molecule has 1 unspecified atom stereocenters. The van der Waals surface area contributed by atoms with Gasteiger partial charge in [-0.3, -0.25) is 0 Å². The largest absolute Gasteiger partial charge is 0.393 e. The van der Waals surface area contributed by atoms with Crippen molar-refractivity contribution in [1.82, 2.24) is 0 Å². The summed E-state index contributed by atoms with van der Waals surface area (Å²) in [5, 5.41) is 10.3. The summed E-state index contributed by atoms with van der Waals surface area (Å²) in [4.78, 5) is 0. The van der Waals surface area contributed by atoms with Crippen LogP contribution in [0.4, 0.5) is 0 Å². The van der Waals surface area contributed by atoms with Crippen LogP contribution in [0.2, 0.25) is 0 Å². The number of fused-ring (bicyclic) bond motifs is 1. The zero-order valence-corrected chi connectivity index (χ0v) is 11.1. The summed E-state index contributed by atoms with van der Waals surface area (Å²) in [5.74, 6) is 4.83. The van der Waals surface area contributed by atoms with Gasteiger partial charge in [0.25, 0.3) is 0 Å². The molecule has 1 heteroatoms. The Hall–Kier alpha value is -0.0400. The first-order valence-electron chi connectivity index (χ1n) is 7.15. The molecule has 92 valence electrons. The van der Waals surface area contributed by atoms with Gasteiger partial charge in [0.2, 0.25) is 0 Å². The lowest BCUT2D eigenvalue weighted by Crippen LogP contribution is -2.69. The molecule has 3 fully saturated rings. The number of aliphatic hydroxyl groups is 1. The molecule has 0 saturated heterocycles. The molecule has 3 aliphatic carbocycles. The van der Waals surface area contributed by atoms with Crippen LogP contribution in [0.15, 0.2) is 0 Å². The second-order valence-electron chi connectivity index (χ2n) is 7.36. The van der Waals surface area contributed by atoms with E-state index in [1.807, 2.05) is 0 Å². The van der Waals surface area contributed by atoms with Crippen LogP contribution in [0.5, 0.6) is 0 Å². The normalized spacial score (nSPS) is 59.6. The molecule has 4 bridgehead atoms. The van der Waals surface area contributed by atoms with Crippen molar-refractivity contribution < 1.29 is 5.11 Å². The fourth-order valence-electron chi connectivity index (χ4n) is 5.96. The monoisotopic (exact) mass is 222 g/mol. The number of rotatable bonds is 1. The standard InChI is InChI=1S/C15H26O/c1-8(2)12-11(16)7-15(4)10-6-5-9(3)14(15)13(10)12/h8-14,16H,5-7H2,1-4H3/t9?,10-,11+,12+,13+,14-,15+/m0/s1. The van der Waals surface area contributed by atoms with Gasteiger partial charge in [0.05, 0.1) is 6.10 Å². The van der Waals surface area contributed by atoms with Gasteiger partial charge in [-0.1, -0.05) is 34.1 Å². The highest BCUT2D eigenvalue weighted by molar-refractivity contribution is 5.17. The molecule has 16 heavy (non-hydrogen) atoms. The Balaban J connectivity index is 1.93. The molecular weight excluding hydrogens is 196 g/mol. The zero-order chi connectivity index (χ0) is 11.7. The van der Waals surface area contributed by atoms with Crippen LogP contribution in [0.1, 0.15) is 47.0 Å². The first-order valence-corrected chi connectivity index (χ1v) is 7.15. The predicted molar refractivity (Wildman–Crippen MR) is 65.9 cm³/mol. The highest BCUT2D eigenvalue weighted by atomic mass is 16.3. The van der Waals surface area contributed by atoms with E-state index >= 15 is 0 Å². The van der Waals surface area contributed by atoms with Crippen LogP contribution in [0.25, 0.3) is 0 Å². The van der Waals surface area contributed by atoms with Gasteiger partial charge in [0.1, 0.15) is 0 Å². The lowest BCUT2D eigenvalue weighted by molar-refractivity contribution is -0.271. The average molecular weight is 222 g/mol. The molecule has 1 nitrogen and oxygen atoms in total. The predicted octanol–water partition coefficient (Wildman–Crippen LogP) is 3.32. The minimum absolute atomic E-state index is 0.0206. The molecule has 7 atom stereocenters. The summed E-state index contributed by atoms with van der Waals surface area (Å²) in [6.07, 6.45) is 3.91. The molecule has 0 heterocycles. The Morgan fingerprint density at radius 3 is 2.50 bits per heavy atom. The molecule has 3 saturated carbocycles. The lowest BCUT2D eigenvalue weighted by Gasteiger charge is -2.73. The molecule has 0 aliphatic heterocycles. The van der Waals surface area contributed by atoms with Crippen molar-refractivity contribution >= 4 is 0 Å². The van der Waals surface area contributed by atoms with Crippen molar-refractivity contribution in [3.63, 3.8) is 0 Å². The third kappa shape index (κ3) is 1.11. The van der Waals surface area contributed by atoms with E-state index in [9.17, 15) is 5.11 Å². The molecule has 1 N–H and O–H groups in total. The Bertz CT molecular complexity index is 296. The maximum atomic E-state index is 10.3. The van der Waals surface area contributed by atoms with Gasteiger partial charge < -0.3 is 5.11 Å². The van der Waals surface area contributed by atoms with Gasteiger partial charge >= 0.3 is 0 Å². The minimum atomic E-state index is -0.0206. The first-order chi connectivity index (χ1) is 7.47. The number of aliphatic hydroxyl groups excluding tert-OH is 1. The van der Waals surface area contributed by atoms with Crippen LogP contribution in [0, 0.1) is 40.9 Å². The maximum absolute atomic E-state index is 10.3. The van der Waals surface area contributed by atoms with Crippen LogP contribution < -0.4 is 0 Å². The molecule has 0 amide bonds. The highest BCUT2D eigenvalue weighted by Gasteiger charge is 2.68. The van der Waals surface area contributed by atoms with Crippen LogP contribution >= 0.6 is 0 Å². The van der Waals surface area contributed by atoms with Gasteiger partial charge in [-0.15, -0.1) is 0 Å². The summed E-state index contributed by atoms with van der Waals surface area (Å²) in [5.41, 5.74) is 0.493. The number of hydrogen-bond donors (Lipinski definition) is 1. The van der Waals surface area contributed by atoms with Crippen molar-refractivity contribution in [2.24, 2.45) is 40.9 Å². The van der Waals surface area contributed by atoms with E-state index in [2.05, 4.69) is 27.7 Å². The minimum Gasteiger partial charge on any atom is -0.393 e. The molecule has 0 aromatic heterocycles. The van der Waals surface area contributed by atoms with Crippen molar-refractivity contribution in [2.75, 3.05) is 0 Å². The number of hydrogen-bond acceptors (Lipinski definition) is 1. The van der Waals surface area contributed by atoms with Gasteiger partial charge in [-0.2, -0.15) is 0 Å². The van der Waals surface area contributed by atoms with Crippen LogP contribution in [-0.4, -0.2) is 11.2 Å². The fourth-order valence-corrected chi connectivity index (χ4v) is 5.96. The topological polar surface area (TPSA) is 20.2 Å². The Kier molecular flexibility index (Phi) is 2.25. The van der Waals surface area contributed by atoms with E-state index in [4.69, 9.17) is 0 Å². The lowest BCUT2D eigenvalue weighted by atomic mass is 9.32. The van der Waals surface area contributed by atoms with Crippen molar-refractivity contribution in [2.45, 2.75) is 53.1 Å². The molecule has 0 aromatic rings. The summed E-state index contributed by atoms with van der Waals surface area (Å²) >= 11 is 0. The third-order valence-electron chi connectivity index (χ3n) is 6.34. The van der Waals surface area contributed by atoms with E-state index in [0.717, 1.165) is 30.1 Å². The third-order valence-corrected chi connectivity index (χ3v) is 6.34. The fraction of sp³-hybridized carbons (Fsp3) is 1.00. The van der Waals surface area contributed by atoms with Crippen molar-refractivity contribution in [3.05, 3.63) is 0 Å². The highest BCUT2D eigenvalue weighted by Crippen LogP contribution is 2.73. The Morgan fingerprint density at radius 1 is 1.25 bits per heavy atom. The average Bonchev–Trinajstić information content (AvgIpc) is 2.15. The SMILES string of the molecule is CC(C)[C@H]1[C@H]2[C@@H]3CCC(C)[C@@H]2[C@]3(C)C[C@H]1O. The van der Waals surface area contributed by atoms with Crippen LogP contribution in [-0.2, 0) is 0 Å². The van der Waals surface area contributed by atoms with E-state index in [1.54, 1.807) is 0 Å². The van der Waals surface area contributed by atoms with Gasteiger partial charge in [-0.05, 0) is 53.8 Å². The molecule has 3 rings (SSSR count). The quantitative estimate of drug-likeness (QED) is 0.721. The smallest absolute Gasteiger partial charge is 0.0579 e. The van der Waals surface area contributed by atoms with Crippen molar-refractivity contribution in [1.29, 1.82) is 0 Å². The zero-order valence-electron chi connectivity index (χ0n) is 11.1. The molecule has 0 aromatic carbocycles. The first kappa shape index (κ1) is 11.1. The maximum Gasteiger partial charge on any atom is 0.0579 e. The van der Waals surface area contributed by atoms with Crippen LogP contribution in [0.3, 0.4) is 0 Å². The van der Waals surface area contributed by atoms with E-state index < -0.39 is 0 Å². The van der Waals surface area contributed by atoms with E-state index in [0.29, 0.717) is 17.3 Å². The second-order valence-corrected chi connectivity index (χ2v) is 7.36. The molecule has 0 radical (unpaired) electrons. The molecule has 3 aliphatic rings. The molecular formula is C15H26O.